The van der Waals surface area contributed by atoms with E-state index in [9.17, 15) is 0 Å². The maximum absolute atomic E-state index is 8.85. The van der Waals surface area contributed by atoms with Crippen LogP contribution in [0.15, 0.2) is 24.3 Å². The highest BCUT2D eigenvalue weighted by Crippen LogP contribution is 2.45. The van der Waals surface area contributed by atoms with Gasteiger partial charge in [0.05, 0.1) is 0 Å². The lowest BCUT2D eigenvalue weighted by atomic mass is 10.1. The molecule has 1 atom stereocenters. The molecule has 1 saturated carbocycles. The molecule has 0 amide bonds. The molecule has 0 aliphatic heterocycles. The maximum atomic E-state index is 8.85. The van der Waals surface area contributed by atoms with E-state index in [2.05, 4.69) is 0 Å². The first-order valence-electron chi connectivity index (χ1n) is 4.04. The average molecular weight is 182 g/mol. The van der Waals surface area contributed by atoms with Gasteiger partial charge in [-0.1, -0.05) is 23.7 Å². The van der Waals surface area contributed by atoms with Crippen molar-refractivity contribution in [2.75, 3.05) is 6.61 Å². The zero-order chi connectivity index (χ0) is 8.55. The third kappa shape index (κ3) is 1.47. The Morgan fingerprint density at radius 2 is 2.00 bits per heavy atom. The number of benzene rings is 1. The molecule has 1 aliphatic carbocycles. The SMILES string of the molecule is OCC1C[C]1c1ccc(Cl)cc1. The zero-order valence-electron chi connectivity index (χ0n) is 6.63. The smallest absolute Gasteiger partial charge is 0.0468 e. The number of aliphatic hydroxyl groups is 1. The van der Waals surface area contributed by atoms with E-state index in [4.69, 9.17) is 16.7 Å². The van der Waals surface area contributed by atoms with Crippen LogP contribution in [-0.2, 0) is 0 Å². The predicted octanol–water partition coefficient (Wildman–Crippen LogP) is 2.27. The van der Waals surface area contributed by atoms with Crippen LogP contribution in [0.2, 0.25) is 5.02 Å². The summed E-state index contributed by atoms with van der Waals surface area (Å²) in [7, 11) is 0. The molecule has 12 heavy (non-hydrogen) atoms. The zero-order valence-corrected chi connectivity index (χ0v) is 7.38. The maximum Gasteiger partial charge on any atom is 0.0468 e. The van der Waals surface area contributed by atoms with Crippen molar-refractivity contribution < 1.29 is 5.11 Å². The summed E-state index contributed by atoms with van der Waals surface area (Å²) in [6, 6.07) is 7.79. The summed E-state index contributed by atoms with van der Waals surface area (Å²) < 4.78 is 0. The summed E-state index contributed by atoms with van der Waals surface area (Å²) in [5, 5.41) is 9.61. The van der Waals surface area contributed by atoms with Crippen LogP contribution in [0.4, 0.5) is 0 Å². The van der Waals surface area contributed by atoms with Gasteiger partial charge in [0.1, 0.15) is 0 Å². The molecule has 0 saturated heterocycles. The summed E-state index contributed by atoms with van der Waals surface area (Å²) in [6.07, 6.45) is 1.04. The topological polar surface area (TPSA) is 20.2 Å². The minimum absolute atomic E-state index is 0.276. The first-order chi connectivity index (χ1) is 5.81. The van der Waals surface area contributed by atoms with Gasteiger partial charge >= 0.3 is 0 Å². The molecule has 1 unspecified atom stereocenters. The van der Waals surface area contributed by atoms with Gasteiger partial charge in [-0.25, -0.2) is 0 Å². The minimum Gasteiger partial charge on any atom is -0.396 e. The van der Waals surface area contributed by atoms with E-state index in [0.717, 1.165) is 11.4 Å². The highest BCUT2D eigenvalue weighted by atomic mass is 35.5. The fourth-order valence-electron chi connectivity index (χ4n) is 1.40. The van der Waals surface area contributed by atoms with Crippen molar-refractivity contribution in [3.05, 3.63) is 40.8 Å². The van der Waals surface area contributed by atoms with Crippen LogP contribution >= 0.6 is 11.6 Å². The van der Waals surface area contributed by atoms with Crippen molar-refractivity contribution in [1.29, 1.82) is 0 Å². The Kier molecular flexibility index (Phi) is 2.07. The molecular formula is C10H10ClO. The van der Waals surface area contributed by atoms with Crippen molar-refractivity contribution in [3.8, 4) is 0 Å². The van der Waals surface area contributed by atoms with E-state index < -0.39 is 0 Å². The molecule has 0 aromatic heterocycles. The molecule has 1 aliphatic rings. The van der Waals surface area contributed by atoms with Gasteiger partial charge in [0.2, 0.25) is 0 Å². The Bertz CT molecular complexity index is 268. The van der Waals surface area contributed by atoms with Gasteiger partial charge in [0.15, 0.2) is 0 Å². The minimum atomic E-state index is 0.276. The summed E-state index contributed by atoms with van der Waals surface area (Å²) in [5.41, 5.74) is 1.22. The molecule has 1 fully saturated rings. The Morgan fingerprint density at radius 1 is 1.33 bits per heavy atom. The lowest BCUT2D eigenvalue weighted by Crippen LogP contribution is -1.88. The van der Waals surface area contributed by atoms with Crippen molar-refractivity contribution >= 4 is 11.6 Å². The molecule has 1 radical (unpaired) electrons. The van der Waals surface area contributed by atoms with Crippen LogP contribution in [0, 0.1) is 11.8 Å². The first kappa shape index (κ1) is 8.09. The lowest BCUT2D eigenvalue weighted by molar-refractivity contribution is 0.279. The summed E-state index contributed by atoms with van der Waals surface area (Å²) in [6.45, 7) is 0.276. The predicted molar refractivity (Wildman–Crippen MR) is 49.0 cm³/mol. The van der Waals surface area contributed by atoms with Crippen LogP contribution < -0.4 is 0 Å². The molecule has 0 heterocycles. The van der Waals surface area contributed by atoms with Crippen LogP contribution in [0.1, 0.15) is 12.0 Å². The van der Waals surface area contributed by atoms with Gasteiger partial charge in [-0.15, -0.1) is 0 Å². The first-order valence-corrected chi connectivity index (χ1v) is 4.41. The Labute approximate surface area is 77.0 Å². The summed E-state index contributed by atoms with van der Waals surface area (Å²) >= 11 is 5.75. The molecule has 1 N–H and O–H groups in total. The van der Waals surface area contributed by atoms with Gasteiger partial charge in [-0.3, -0.25) is 0 Å². The highest BCUT2D eigenvalue weighted by Gasteiger charge is 2.38. The summed E-state index contributed by atoms with van der Waals surface area (Å²) in [5.74, 6) is 1.76. The molecule has 2 rings (SSSR count). The molecule has 0 spiro atoms. The average Bonchev–Trinajstić information content (AvgIpc) is 2.85. The second-order valence-corrected chi connectivity index (χ2v) is 3.55. The number of halogens is 1. The largest absolute Gasteiger partial charge is 0.396 e. The van der Waals surface area contributed by atoms with Crippen molar-refractivity contribution in [1.82, 2.24) is 0 Å². The molecule has 1 aromatic carbocycles. The van der Waals surface area contributed by atoms with E-state index in [1.54, 1.807) is 0 Å². The van der Waals surface area contributed by atoms with Gasteiger partial charge in [-0.05, 0) is 30.0 Å². The van der Waals surface area contributed by atoms with E-state index in [1.165, 1.54) is 11.5 Å². The summed E-state index contributed by atoms with van der Waals surface area (Å²) in [4.78, 5) is 0. The third-order valence-corrected chi connectivity index (χ3v) is 2.49. The highest BCUT2D eigenvalue weighted by molar-refractivity contribution is 6.30. The van der Waals surface area contributed by atoms with Gasteiger partial charge in [0.25, 0.3) is 0 Å². The second kappa shape index (κ2) is 3.08. The van der Waals surface area contributed by atoms with Crippen LogP contribution in [0.3, 0.4) is 0 Å². The number of hydrogen-bond acceptors (Lipinski definition) is 1. The molecule has 1 nitrogen and oxygen atoms in total. The molecule has 1 aromatic rings. The third-order valence-electron chi connectivity index (χ3n) is 2.23. The fourth-order valence-corrected chi connectivity index (χ4v) is 1.52. The van der Waals surface area contributed by atoms with Crippen molar-refractivity contribution in [2.24, 2.45) is 5.92 Å². The van der Waals surface area contributed by atoms with E-state index >= 15 is 0 Å². The molecule has 63 valence electrons. The lowest BCUT2D eigenvalue weighted by Gasteiger charge is -1.97. The Balaban J connectivity index is 2.10. The van der Waals surface area contributed by atoms with Crippen molar-refractivity contribution in [2.45, 2.75) is 6.42 Å². The molecule has 2 heteroatoms. The van der Waals surface area contributed by atoms with E-state index in [-0.39, 0.29) is 6.61 Å². The van der Waals surface area contributed by atoms with Gasteiger partial charge < -0.3 is 5.11 Å². The number of aliphatic hydroxyl groups excluding tert-OH is 1. The van der Waals surface area contributed by atoms with Gasteiger partial charge in [-0.2, -0.15) is 0 Å². The second-order valence-electron chi connectivity index (χ2n) is 3.12. The van der Waals surface area contributed by atoms with Crippen LogP contribution in [0.25, 0.3) is 0 Å². The number of rotatable bonds is 2. The monoisotopic (exact) mass is 181 g/mol. The fraction of sp³-hybridized carbons (Fsp3) is 0.300. The molecular weight excluding hydrogens is 172 g/mol. The Morgan fingerprint density at radius 3 is 2.50 bits per heavy atom. The standard InChI is InChI=1S/C10H10ClO/c11-9-3-1-7(2-4-9)10-5-8(10)6-12/h1-4,8,12H,5-6H2. The van der Waals surface area contributed by atoms with E-state index in [0.29, 0.717) is 5.92 Å². The van der Waals surface area contributed by atoms with Crippen LogP contribution in [0.5, 0.6) is 0 Å². The van der Waals surface area contributed by atoms with Crippen LogP contribution in [-0.4, -0.2) is 11.7 Å². The Hall–Kier alpha value is -0.530. The van der Waals surface area contributed by atoms with E-state index in [1.807, 2.05) is 24.3 Å². The molecule has 0 bridgehead atoms. The number of hydrogen-bond donors (Lipinski definition) is 1. The van der Waals surface area contributed by atoms with Gasteiger partial charge in [0, 0.05) is 17.5 Å². The van der Waals surface area contributed by atoms with Crippen molar-refractivity contribution in [3.63, 3.8) is 0 Å². The normalized spacial score (nSPS) is 22.7. The quantitative estimate of drug-likeness (QED) is 0.742.